The lowest BCUT2D eigenvalue weighted by molar-refractivity contribution is -0.354. The van der Waals surface area contributed by atoms with Crippen LogP contribution in [-0.2, 0) is 24.0 Å². The van der Waals surface area contributed by atoms with Gasteiger partial charge >= 0.3 is 0 Å². The van der Waals surface area contributed by atoms with Gasteiger partial charge in [0.1, 0.15) is 0 Å². The predicted octanol–water partition coefficient (Wildman–Crippen LogP) is 2.14. The molecule has 0 aliphatic rings. The highest BCUT2D eigenvalue weighted by Crippen LogP contribution is 2.21. The smallest absolute Gasteiger partial charge is 0.282 e. The van der Waals surface area contributed by atoms with Crippen LogP contribution < -0.4 is 0 Å². The number of aryl methyl sites for hydroxylation is 1. The van der Waals surface area contributed by atoms with E-state index in [-0.39, 0.29) is 5.75 Å². The highest BCUT2D eigenvalue weighted by molar-refractivity contribution is 7.91. The standard InChI is InChI=1S/C14H22O5S/c1-12-6-8-13(9-7-12)20(15,16)11-5-10-14(17-2,18-3)19-4/h6-9H,5,10-11H2,1-4H3. The molecule has 0 aromatic heterocycles. The molecule has 0 aliphatic heterocycles. The molecule has 114 valence electrons. The highest BCUT2D eigenvalue weighted by Gasteiger charge is 2.29. The Bertz CT molecular complexity index is 495. The molecular weight excluding hydrogens is 280 g/mol. The van der Waals surface area contributed by atoms with Crippen LogP contribution in [0.3, 0.4) is 0 Å². The Balaban J connectivity index is 2.67. The van der Waals surface area contributed by atoms with Crippen LogP contribution in [0.2, 0.25) is 0 Å². The van der Waals surface area contributed by atoms with Gasteiger partial charge in [-0.25, -0.2) is 8.42 Å². The summed E-state index contributed by atoms with van der Waals surface area (Å²) in [4.78, 5) is 0.334. The first-order valence-electron chi connectivity index (χ1n) is 6.34. The van der Waals surface area contributed by atoms with E-state index in [0.717, 1.165) is 5.56 Å². The molecule has 1 rings (SSSR count). The van der Waals surface area contributed by atoms with Crippen molar-refractivity contribution >= 4 is 9.84 Å². The minimum atomic E-state index is -3.29. The first-order chi connectivity index (χ1) is 9.39. The molecule has 0 amide bonds. The first-order valence-corrected chi connectivity index (χ1v) is 7.99. The summed E-state index contributed by atoms with van der Waals surface area (Å²) in [6.07, 6.45) is 0.716. The molecule has 0 heterocycles. The molecule has 0 atom stereocenters. The van der Waals surface area contributed by atoms with Gasteiger partial charge < -0.3 is 14.2 Å². The van der Waals surface area contributed by atoms with Crippen molar-refractivity contribution in [1.29, 1.82) is 0 Å². The summed E-state index contributed by atoms with van der Waals surface area (Å²) in [5.41, 5.74) is 1.03. The summed E-state index contributed by atoms with van der Waals surface area (Å²) in [7, 11) is 1.09. The topological polar surface area (TPSA) is 61.8 Å². The number of hydrogen-bond acceptors (Lipinski definition) is 5. The largest absolute Gasteiger partial charge is 0.331 e. The van der Waals surface area contributed by atoms with Gasteiger partial charge in [0.05, 0.1) is 10.6 Å². The maximum absolute atomic E-state index is 12.2. The predicted molar refractivity (Wildman–Crippen MR) is 76.2 cm³/mol. The van der Waals surface area contributed by atoms with E-state index in [0.29, 0.717) is 17.7 Å². The Morgan fingerprint density at radius 2 is 1.50 bits per heavy atom. The minimum Gasteiger partial charge on any atom is -0.331 e. The molecule has 1 aromatic rings. The lowest BCUT2D eigenvalue weighted by Gasteiger charge is -2.28. The van der Waals surface area contributed by atoms with Crippen LogP contribution in [0.25, 0.3) is 0 Å². The summed E-state index contributed by atoms with van der Waals surface area (Å²) in [6.45, 7) is 1.92. The van der Waals surface area contributed by atoms with Crippen LogP contribution in [0.5, 0.6) is 0 Å². The monoisotopic (exact) mass is 302 g/mol. The molecule has 6 heteroatoms. The molecule has 0 unspecified atom stereocenters. The van der Waals surface area contributed by atoms with Crippen molar-refractivity contribution in [2.24, 2.45) is 0 Å². The van der Waals surface area contributed by atoms with Gasteiger partial charge in [0.25, 0.3) is 5.97 Å². The van der Waals surface area contributed by atoms with Gasteiger partial charge in [-0.1, -0.05) is 17.7 Å². The number of ether oxygens (including phenoxy) is 3. The van der Waals surface area contributed by atoms with E-state index in [1.54, 1.807) is 24.3 Å². The maximum atomic E-state index is 12.2. The van der Waals surface area contributed by atoms with Crippen LogP contribution in [0.1, 0.15) is 18.4 Å². The van der Waals surface area contributed by atoms with E-state index in [2.05, 4.69) is 0 Å². The van der Waals surface area contributed by atoms with Gasteiger partial charge in [-0.2, -0.15) is 0 Å². The van der Waals surface area contributed by atoms with Crippen molar-refractivity contribution in [2.75, 3.05) is 27.1 Å². The van der Waals surface area contributed by atoms with Gasteiger partial charge in [-0.3, -0.25) is 0 Å². The summed E-state index contributed by atoms with van der Waals surface area (Å²) in [5, 5.41) is 0. The van der Waals surface area contributed by atoms with Crippen LogP contribution in [0.15, 0.2) is 29.2 Å². The van der Waals surface area contributed by atoms with Gasteiger partial charge in [-0.15, -0.1) is 0 Å². The molecule has 0 aliphatic carbocycles. The Hall–Kier alpha value is -0.950. The van der Waals surface area contributed by atoms with Crippen LogP contribution in [-0.4, -0.2) is 41.5 Å². The number of hydrogen-bond donors (Lipinski definition) is 0. The number of benzene rings is 1. The van der Waals surface area contributed by atoms with Gasteiger partial charge in [0.2, 0.25) is 0 Å². The fourth-order valence-electron chi connectivity index (χ4n) is 1.90. The zero-order valence-corrected chi connectivity index (χ0v) is 13.2. The lowest BCUT2D eigenvalue weighted by atomic mass is 10.2. The molecule has 0 radical (unpaired) electrons. The Labute approximate surface area is 120 Å². The van der Waals surface area contributed by atoms with Crippen LogP contribution in [0.4, 0.5) is 0 Å². The number of sulfone groups is 1. The van der Waals surface area contributed by atoms with E-state index >= 15 is 0 Å². The molecule has 1 aromatic carbocycles. The molecule has 0 spiro atoms. The highest BCUT2D eigenvalue weighted by atomic mass is 32.2. The van der Waals surface area contributed by atoms with E-state index in [1.165, 1.54) is 21.3 Å². The molecule has 0 saturated carbocycles. The van der Waals surface area contributed by atoms with E-state index in [4.69, 9.17) is 14.2 Å². The third-order valence-electron chi connectivity index (χ3n) is 3.21. The Morgan fingerprint density at radius 3 is 1.95 bits per heavy atom. The summed E-state index contributed by atoms with van der Waals surface area (Å²) < 4.78 is 39.7. The molecule has 5 nitrogen and oxygen atoms in total. The average molecular weight is 302 g/mol. The van der Waals surface area contributed by atoms with Crippen molar-refractivity contribution < 1.29 is 22.6 Å². The SMILES string of the molecule is COC(CCCS(=O)(=O)c1ccc(C)cc1)(OC)OC. The summed E-state index contributed by atoms with van der Waals surface area (Å²) >= 11 is 0. The molecule has 0 N–H and O–H groups in total. The zero-order chi connectivity index (χ0) is 15.2. The maximum Gasteiger partial charge on any atom is 0.282 e. The molecular formula is C14H22O5S. The fourth-order valence-corrected chi connectivity index (χ4v) is 3.21. The van der Waals surface area contributed by atoms with Gasteiger partial charge in [0.15, 0.2) is 9.84 Å². The van der Waals surface area contributed by atoms with Crippen molar-refractivity contribution in [1.82, 2.24) is 0 Å². The second-order valence-corrected chi connectivity index (χ2v) is 6.64. The number of rotatable bonds is 8. The Morgan fingerprint density at radius 1 is 1.00 bits per heavy atom. The van der Waals surface area contributed by atoms with Crippen LogP contribution in [0, 0.1) is 6.92 Å². The summed E-state index contributed by atoms with van der Waals surface area (Å²) in [6, 6.07) is 6.83. The third-order valence-corrected chi connectivity index (χ3v) is 5.03. The normalized spacial score (nSPS) is 12.6. The second kappa shape index (κ2) is 7.17. The van der Waals surface area contributed by atoms with Gasteiger partial charge in [-0.05, 0) is 25.5 Å². The van der Waals surface area contributed by atoms with Crippen molar-refractivity contribution in [3.63, 3.8) is 0 Å². The van der Waals surface area contributed by atoms with Crippen LogP contribution >= 0.6 is 0 Å². The third kappa shape index (κ3) is 4.28. The second-order valence-electron chi connectivity index (χ2n) is 4.53. The van der Waals surface area contributed by atoms with E-state index in [9.17, 15) is 8.42 Å². The zero-order valence-electron chi connectivity index (χ0n) is 12.4. The first kappa shape index (κ1) is 17.1. The van der Waals surface area contributed by atoms with E-state index < -0.39 is 15.8 Å². The minimum absolute atomic E-state index is 0.0217. The quantitative estimate of drug-likeness (QED) is 0.689. The fraction of sp³-hybridized carbons (Fsp3) is 0.571. The summed E-state index contributed by atoms with van der Waals surface area (Å²) in [5.74, 6) is -1.16. The molecule has 0 bridgehead atoms. The van der Waals surface area contributed by atoms with Crippen molar-refractivity contribution in [3.8, 4) is 0 Å². The number of methoxy groups -OCH3 is 3. The molecule has 0 saturated heterocycles. The average Bonchev–Trinajstić information content (AvgIpc) is 2.44. The lowest BCUT2D eigenvalue weighted by Crippen LogP contribution is -2.36. The molecule has 0 fully saturated rings. The Kier molecular flexibility index (Phi) is 6.13. The van der Waals surface area contributed by atoms with Crippen molar-refractivity contribution in [3.05, 3.63) is 29.8 Å². The van der Waals surface area contributed by atoms with E-state index in [1.807, 2.05) is 6.92 Å². The van der Waals surface area contributed by atoms with Crippen molar-refractivity contribution in [2.45, 2.75) is 30.6 Å². The molecule has 20 heavy (non-hydrogen) atoms. The van der Waals surface area contributed by atoms with Gasteiger partial charge in [0, 0.05) is 27.8 Å².